The summed E-state index contributed by atoms with van der Waals surface area (Å²) in [5.41, 5.74) is 6.95. The van der Waals surface area contributed by atoms with E-state index in [-0.39, 0.29) is 57.8 Å². The van der Waals surface area contributed by atoms with Crippen LogP contribution in [0.15, 0.2) is 177 Å². The van der Waals surface area contributed by atoms with Crippen molar-refractivity contribution in [3.05, 3.63) is 230 Å². The first-order valence-corrected chi connectivity index (χ1v) is 37.5. The molecular weight excluding hydrogens is 1330 g/mol. The molecular formula is C81H80FN9O7S3. The highest BCUT2D eigenvalue weighted by molar-refractivity contribution is 8.19. The van der Waals surface area contributed by atoms with Crippen molar-refractivity contribution in [1.82, 2.24) is 45.9 Å². The van der Waals surface area contributed by atoms with Gasteiger partial charge >= 0.3 is 0 Å². The number of aromatic nitrogens is 6. The number of ketones is 3. The fraction of sp³-hybridized carbons (Fsp3) is 0.333. The van der Waals surface area contributed by atoms with E-state index in [1.54, 1.807) is 67.3 Å². The standard InChI is InChI=1S/C27H26FN3O2S.C27H27N3O3S.C27H27N3O2S/c28-23-10-7-18(21-3-1-2-4-22(21)23)16-30-19-8-5-17(6-9-19)13-26-29-12-11-20(31-26)14-25-24(32)15-27(33)34-25;31-23-16-27(32)34-25(23)15-21-11-12-28-26(30-21)14-18-7-9-20(10-8-18)29-17-19-4-1-2-5-22(19)24-6-3-13-33-24;31-24-16-27(32)33-25(24)15-22-12-13-28-26(30-22)14-18-8-10-21(11-9-18)29-17-20-6-3-5-19-4-1-2-7-23(19)20/h1-4,7,10-12,14,17,19,30H,5-6,8-9,13,15-16H2;1-6,11-13,15,18,20,29H,7-10,14,16-17H2;1-7,12-13,15,18,21,29H,8-11,14,16-17H2/b25-14-;2*25-15-. The second kappa shape index (κ2) is 34.3. The second-order valence-electron chi connectivity index (χ2n) is 26.9. The average Bonchev–Trinajstić information content (AvgIpc) is 1.48. The molecule has 4 aromatic heterocycles. The maximum absolute atomic E-state index is 14.1. The summed E-state index contributed by atoms with van der Waals surface area (Å²) in [7, 11) is 0. The Morgan fingerprint density at radius 1 is 0.406 bits per heavy atom. The highest BCUT2D eigenvalue weighted by Gasteiger charge is 2.30. The smallest absolute Gasteiger partial charge is 0.201 e. The van der Waals surface area contributed by atoms with Crippen LogP contribution in [-0.4, -0.2) is 80.7 Å². The molecule has 0 radical (unpaired) electrons. The number of nitrogens with zero attached hydrogens (tertiary/aromatic N) is 6. The molecule has 5 aromatic carbocycles. The van der Waals surface area contributed by atoms with E-state index in [0.29, 0.717) is 73.1 Å². The minimum absolute atomic E-state index is 0.00772. The van der Waals surface area contributed by atoms with Gasteiger partial charge in [0, 0.05) is 86.6 Å². The lowest BCUT2D eigenvalue weighted by Gasteiger charge is -2.29. The first-order chi connectivity index (χ1) is 49.3. The van der Waals surface area contributed by atoms with Crippen LogP contribution in [0.3, 0.4) is 0 Å². The van der Waals surface area contributed by atoms with Crippen LogP contribution in [-0.2, 0) is 67.7 Å². The summed E-state index contributed by atoms with van der Waals surface area (Å²) in [6, 6.07) is 45.3. The Balaban J connectivity index is 0.000000135. The van der Waals surface area contributed by atoms with E-state index in [1.807, 2.05) is 48.5 Å². The average molecular weight is 1410 g/mol. The summed E-state index contributed by atoms with van der Waals surface area (Å²) in [5, 5.41) is 15.1. The third-order valence-electron chi connectivity index (χ3n) is 19.8. The third kappa shape index (κ3) is 19.5. The lowest BCUT2D eigenvalue weighted by atomic mass is 9.84. The van der Waals surface area contributed by atoms with Gasteiger partial charge in [-0.1, -0.05) is 97.1 Å². The molecule has 3 saturated heterocycles. The van der Waals surface area contributed by atoms with E-state index in [4.69, 9.17) is 4.42 Å². The maximum Gasteiger partial charge on any atom is 0.201 e. The van der Waals surface area contributed by atoms with Crippen molar-refractivity contribution in [3.8, 4) is 11.3 Å². The van der Waals surface area contributed by atoms with Gasteiger partial charge in [0.05, 0.1) is 57.3 Å². The molecule has 15 rings (SSSR count). The van der Waals surface area contributed by atoms with Crippen molar-refractivity contribution in [3.63, 3.8) is 0 Å². The Labute approximate surface area is 600 Å². The molecule has 3 aliphatic heterocycles. The lowest BCUT2D eigenvalue weighted by molar-refractivity contribution is -0.120. The number of hydrogen-bond acceptors (Lipinski definition) is 19. The van der Waals surface area contributed by atoms with Crippen LogP contribution >= 0.6 is 35.3 Å². The molecule has 7 heterocycles. The molecule has 0 atom stereocenters. The number of carbonyl (C=O) groups excluding carboxylic acids is 6. The van der Waals surface area contributed by atoms with Gasteiger partial charge in [-0.25, -0.2) is 34.3 Å². The zero-order chi connectivity index (χ0) is 69.4. The number of allylic oxidation sites excluding steroid dienone is 3. The zero-order valence-corrected chi connectivity index (χ0v) is 58.6. The Hall–Kier alpha value is -8.76. The number of rotatable bonds is 19. The van der Waals surface area contributed by atoms with Crippen molar-refractivity contribution < 1.29 is 37.6 Å². The van der Waals surface area contributed by atoms with E-state index in [1.165, 1.54) is 21.9 Å². The molecule has 9 aromatic rings. The van der Waals surface area contributed by atoms with Crippen molar-refractivity contribution >= 4 is 108 Å². The van der Waals surface area contributed by atoms with Crippen LogP contribution in [0.4, 0.5) is 4.39 Å². The van der Waals surface area contributed by atoms with Crippen LogP contribution in [0.2, 0.25) is 0 Å². The van der Waals surface area contributed by atoms with E-state index in [0.717, 1.165) is 191 Å². The molecule has 20 heteroatoms. The summed E-state index contributed by atoms with van der Waals surface area (Å²) >= 11 is 3.03. The number of nitrogens with one attached hydrogen (secondary N) is 3. The lowest BCUT2D eigenvalue weighted by Crippen LogP contribution is -2.33. The highest BCUT2D eigenvalue weighted by Crippen LogP contribution is 2.36. The molecule has 0 spiro atoms. The van der Waals surface area contributed by atoms with Crippen molar-refractivity contribution in [2.45, 2.75) is 153 Å². The summed E-state index contributed by atoms with van der Waals surface area (Å²) in [6.07, 6.45) is 28.0. The number of Topliss-reactive ketones (excluding diaryl/α,β-unsaturated/α-hetero) is 3. The topological polar surface area (TPSA) is 229 Å². The fourth-order valence-electron chi connectivity index (χ4n) is 14.3. The molecule has 3 aliphatic carbocycles. The molecule has 16 nitrogen and oxygen atoms in total. The van der Waals surface area contributed by atoms with E-state index in [9.17, 15) is 33.2 Å². The van der Waals surface area contributed by atoms with Crippen LogP contribution in [0.1, 0.15) is 148 Å². The Bertz CT molecular complexity index is 4590. The first-order valence-electron chi connectivity index (χ1n) is 35.1. The number of thioether (sulfide) groups is 3. The third-order valence-corrected chi connectivity index (χ3v) is 22.6. The van der Waals surface area contributed by atoms with Gasteiger partial charge in [0.1, 0.15) is 29.1 Å². The molecule has 516 valence electrons. The van der Waals surface area contributed by atoms with Gasteiger partial charge in [0.25, 0.3) is 0 Å². The number of fused-ring (bicyclic) bond motifs is 2. The summed E-state index contributed by atoms with van der Waals surface area (Å²) in [5.74, 6) is 4.43. The van der Waals surface area contributed by atoms with Crippen molar-refractivity contribution in [2.24, 2.45) is 17.8 Å². The van der Waals surface area contributed by atoms with Crippen molar-refractivity contribution in [2.75, 3.05) is 0 Å². The number of furan rings is 1. The van der Waals surface area contributed by atoms with Crippen LogP contribution in [0.5, 0.6) is 0 Å². The number of carbonyl (C=O) groups is 6. The molecule has 0 unspecified atom stereocenters. The van der Waals surface area contributed by atoms with Gasteiger partial charge in [-0.05, 0) is 218 Å². The monoisotopic (exact) mass is 1410 g/mol. The predicted octanol–water partition coefficient (Wildman–Crippen LogP) is 15.5. The van der Waals surface area contributed by atoms with E-state index in [2.05, 4.69) is 107 Å². The van der Waals surface area contributed by atoms with Gasteiger partial charge < -0.3 is 20.4 Å². The molecule has 0 bridgehead atoms. The van der Waals surface area contributed by atoms with Gasteiger partial charge in [-0.3, -0.25) is 28.8 Å². The maximum atomic E-state index is 14.1. The normalized spacial score (nSPS) is 22.1. The highest BCUT2D eigenvalue weighted by atomic mass is 32.2. The number of benzene rings is 5. The molecule has 0 amide bonds. The fourth-order valence-corrected chi connectivity index (χ4v) is 16.8. The van der Waals surface area contributed by atoms with Crippen molar-refractivity contribution in [1.29, 1.82) is 0 Å². The Morgan fingerprint density at radius 2 is 0.802 bits per heavy atom. The van der Waals surface area contributed by atoms with Gasteiger partial charge in [0.2, 0.25) is 15.3 Å². The van der Waals surface area contributed by atoms with Gasteiger partial charge in [-0.15, -0.1) is 0 Å². The number of halogens is 1. The van der Waals surface area contributed by atoms with Gasteiger partial charge in [-0.2, -0.15) is 0 Å². The summed E-state index contributed by atoms with van der Waals surface area (Å²) in [6.45, 7) is 2.45. The minimum Gasteiger partial charge on any atom is -0.464 e. The molecule has 6 fully saturated rings. The van der Waals surface area contributed by atoms with Crippen LogP contribution < -0.4 is 16.0 Å². The van der Waals surface area contributed by atoms with Crippen LogP contribution in [0.25, 0.3) is 51.1 Å². The first kappa shape index (κ1) is 70.7. The Morgan fingerprint density at radius 3 is 1.25 bits per heavy atom. The van der Waals surface area contributed by atoms with E-state index >= 15 is 0 Å². The zero-order valence-electron chi connectivity index (χ0n) is 56.2. The summed E-state index contributed by atoms with van der Waals surface area (Å²) < 4.78 is 19.7. The SMILES string of the molecule is O=C1CC(=O)/C(=C/c2ccnc(CC3CCC(NCc4ccc(F)c5ccccc45)CC3)n2)S1.O=C1CC(=O)/C(=C/c2ccnc(CC3CCC(NCc4cccc5ccccc45)CC3)n2)S1.O=C1CC(=O)/C(=C/c2ccnc(CC3CCC(NCc4ccccc4-c4ccco4)CC3)n2)S1. The molecule has 3 saturated carbocycles. The summed E-state index contributed by atoms with van der Waals surface area (Å²) in [4.78, 5) is 98.6. The molecule has 6 aliphatic rings. The minimum atomic E-state index is -0.176. The molecule has 101 heavy (non-hydrogen) atoms. The Kier molecular flexibility index (Phi) is 24.0. The van der Waals surface area contributed by atoms with Gasteiger partial charge in [0.15, 0.2) is 17.3 Å². The second-order valence-corrected chi connectivity index (χ2v) is 30.2. The van der Waals surface area contributed by atoms with E-state index < -0.39 is 0 Å². The predicted molar refractivity (Wildman–Crippen MR) is 398 cm³/mol. The molecule has 3 N–H and O–H groups in total. The quantitative estimate of drug-likeness (QED) is 0.0505. The van der Waals surface area contributed by atoms with Crippen LogP contribution in [0, 0.1) is 23.6 Å². The largest absolute Gasteiger partial charge is 0.464 e. The number of hydrogen-bond donors (Lipinski definition) is 3.